The lowest BCUT2D eigenvalue weighted by atomic mass is 9.76. The predicted octanol–water partition coefficient (Wildman–Crippen LogP) is 5.60. The molecule has 0 saturated carbocycles. The molecule has 6 N–H and O–H groups in total. The number of hydrogen-bond acceptors (Lipinski definition) is 5. The number of nitrogens with two attached hydrogens (primary N) is 1. The second-order valence-electron chi connectivity index (χ2n) is 9.78. The van der Waals surface area contributed by atoms with Gasteiger partial charge in [-0.1, -0.05) is 103 Å². The lowest BCUT2D eigenvalue weighted by Gasteiger charge is -2.41. The Kier molecular flexibility index (Phi) is 32.5. The highest BCUT2D eigenvalue weighted by molar-refractivity contribution is 4.94. The summed E-state index contributed by atoms with van der Waals surface area (Å²) in [7, 11) is 0. The first-order valence-corrected chi connectivity index (χ1v) is 14.0. The molecule has 210 valence electrons. The van der Waals surface area contributed by atoms with E-state index < -0.39 is 0 Å². The van der Waals surface area contributed by atoms with Crippen molar-refractivity contribution >= 4 is 0 Å². The van der Waals surface area contributed by atoms with Crippen LogP contribution in [0.25, 0.3) is 0 Å². The number of hydrogen-bond donors (Lipinski definition) is 5. The van der Waals surface area contributed by atoms with Crippen molar-refractivity contribution in [2.75, 3.05) is 32.9 Å². The Morgan fingerprint density at radius 3 is 1.32 bits per heavy atom. The van der Waals surface area contributed by atoms with Crippen molar-refractivity contribution in [2.45, 2.75) is 134 Å². The molecule has 0 rings (SSSR count). The summed E-state index contributed by atoms with van der Waals surface area (Å²) in [6.45, 7) is 3.82. The fraction of sp³-hybridized carbons (Fsp3) is 1.00. The van der Waals surface area contributed by atoms with Crippen LogP contribution in [0.15, 0.2) is 0 Å². The topological polar surface area (TPSA) is 98.7 Å². The van der Waals surface area contributed by atoms with E-state index in [0.29, 0.717) is 25.8 Å². The Bertz CT molecular complexity index is 374. The van der Waals surface area contributed by atoms with Crippen molar-refractivity contribution in [3.05, 3.63) is 0 Å². The Morgan fingerprint density at radius 1 is 0.618 bits per heavy atom. The zero-order chi connectivity index (χ0) is 23.8. The second kappa shape index (κ2) is 28.9. The molecule has 7 heteroatoms. The minimum absolute atomic E-state index is 0. The van der Waals surface area contributed by atoms with E-state index in [0.717, 1.165) is 13.0 Å². The molecule has 0 aliphatic heterocycles. The van der Waals surface area contributed by atoms with Crippen LogP contribution < -0.4 is 11.1 Å². The van der Waals surface area contributed by atoms with E-state index in [9.17, 15) is 15.3 Å². The smallest absolute Gasteiger partial charge is 0.0448 e. The van der Waals surface area contributed by atoms with Crippen molar-refractivity contribution in [3.63, 3.8) is 0 Å². The lowest BCUT2D eigenvalue weighted by molar-refractivity contribution is 0.0961. The first kappa shape index (κ1) is 38.2. The molecule has 5 nitrogen and oxygen atoms in total. The van der Waals surface area contributed by atoms with Gasteiger partial charge in [0.05, 0.1) is 0 Å². The van der Waals surface area contributed by atoms with E-state index in [1.165, 1.54) is 96.3 Å². The highest BCUT2D eigenvalue weighted by Crippen LogP contribution is 2.28. The van der Waals surface area contributed by atoms with Crippen molar-refractivity contribution in [1.29, 1.82) is 0 Å². The Morgan fingerprint density at radius 2 is 1.00 bits per heavy atom. The number of halogens is 2. The summed E-state index contributed by atoms with van der Waals surface area (Å²) in [6, 6.07) is 0. The number of unbranched alkanes of at least 4 members (excludes halogenated alkanes) is 15. The summed E-state index contributed by atoms with van der Waals surface area (Å²) >= 11 is 0. The predicted molar refractivity (Wildman–Crippen MR) is 143 cm³/mol. The van der Waals surface area contributed by atoms with E-state index in [4.69, 9.17) is 5.73 Å². The molecular weight excluding hydrogens is 438 g/mol. The average Bonchev–Trinajstić information content (AvgIpc) is 2.79. The fourth-order valence-electron chi connectivity index (χ4n) is 5.04. The molecule has 0 heterocycles. The Labute approximate surface area is 209 Å². The largest absolute Gasteiger partial charge is 0.396 e. The van der Waals surface area contributed by atoms with Crippen molar-refractivity contribution < 1.29 is 24.7 Å². The molecule has 0 aromatic carbocycles. The van der Waals surface area contributed by atoms with Crippen LogP contribution in [0.1, 0.15) is 129 Å². The van der Waals surface area contributed by atoms with Gasteiger partial charge in [-0.15, -0.1) is 0 Å². The third-order valence-corrected chi connectivity index (χ3v) is 7.17. The van der Waals surface area contributed by atoms with Gasteiger partial charge in [0.15, 0.2) is 0 Å². The summed E-state index contributed by atoms with van der Waals surface area (Å²) < 4.78 is 0. The maximum atomic E-state index is 9.56. The number of nitrogens with one attached hydrogen (secondary N) is 1. The number of aliphatic hydroxyl groups is 3. The molecule has 0 aromatic heterocycles. The molecule has 0 bridgehead atoms. The van der Waals surface area contributed by atoms with Gasteiger partial charge in [-0.05, 0) is 44.7 Å². The molecule has 1 atom stereocenters. The van der Waals surface area contributed by atoms with E-state index in [-0.39, 0.29) is 40.7 Å². The van der Waals surface area contributed by atoms with Crippen molar-refractivity contribution in [2.24, 2.45) is 11.7 Å². The summed E-state index contributed by atoms with van der Waals surface area (Å²) in [5.41, 5.74) is 5.58. The first-order valence-electron chi connectivity index (χ1n) is 14.0. The van der Waals surface area contributed by atoms with E-state index >= 15 is 0 Å². The molecule has 0 spiro atoms. The van der Waals surface area contributed by atoms with Gasteiger partial charge in [0.1, 0.15) is 0 Å². The summed E-state index contributed by atoms with van der Waals surface area (Å²) in [6.07, 6.45) is 23.5. The SMILES string of the molecule is CCCCCCCCCCCCCCCCCCNC(CCO)(CCO)C(CN)CCO.F.F. The van der Waals surface area contributed by atoms with Crippen LogP contribution in [-0.2, 0) is 0 Å². The molecule has 0 fully saturated rings. The van der Waals surface area contributed by atoms with Crippen LogP contribution in [-0.4, -0.2) is 53.8 Å². The highest BCUT2D eigenvalue weighted by atomic mass is 19.0. The molecule has 0 radical (unpaired) electrons. The standard InChI is InChI=1S/C27H58N2O3.2FH/c1-2-3-4-5-6-7-8-9-10-11-12-13-14-15-16-17-21-29-27(19-23-31,20-24-32)26(25-28)18-22-30;;/h26,29-32H,2-25,28H2,1H3;2*1H. The average molecular weight is 499 g/mol. The monoisotopic (exact) mass is 498 g/mol. The quantitative estimate of drug-likeness (QED) is 0.1000. The van der Waals surface area contributed by atoms with Gasteiger partial charge in [0.25, 0.3) is 0 Å². The third-order valence-electron chi connectivity index (χ3n) is 7.17. The minimum Gasteiger partial charge on any atom is -0.396 e. The van der Waals surface area contributed by atoms with Gasteiger partial charge in [-0.2, -0.15) is 0 Å². The molecular formula is C27H60F2N2O3. The molecule has 0 aromatic rings. The van der Waals surface area contributed by atoms with Gasteiger partial charge in [-0.25, -0.2) is 0 Å². The summed E-state index contributed by atoms with van der Waals surface area (Å²) in [5, 5.41) is 32.1. The number of rotatable bonds is 26. The van der Waals surface area contributed by atoms with Crippen LogP contribution in [0.5, 0.6) is 0 Å². The van der Waals surface area contributed by atoms with Crippen molar-refractivity contribution in [1.82, 2.24) is 5.32 Å². The highest BCUT2D eigenvalue weighted by Gasteiger charge is 2.36. The molecule has 0 amide bonds. The Hall–Kier alpha value is -0.340. The van der Waals surface area contributed by atoms with Gasteiger partial charge >= 0.3 is 0 Å². The minimum atomic E-state index is -0.378. The second-order valence-corrected chi connectivity index (χ2v) is 9.78. The van der Waals surface area contributed by atoms with Crippen molar-refractivity contribution in [3.8, 4) is 0 Å². The van der Waals surface area contributed by atoms with Crippen LogP contribution >= 0.6 is 0 Å². The van der Waals surface area contributed by atoms with Crippen LogP contribution in [0.3, 0.4) is 0 Å². The van der Waals surface area contributed by atoms with E-state index in [2.05, 4.69) is 12.2 Å². The van der Waals surface area contributed by atoms with E-state index in [1.54, 1.807) is 0 Å². The zero-order valence-electron chi connectivity index (χ0n) is 22.3. The molecule has 0 aliphatic rings. The summed E-state index contributed by atoms with van der Waals surface area (Å²) in [5.74, 6) is 0.0628. The molecule has 1 unspecified atom stereocenters. The third kappa shape index (κ3) is 19.9. The van der Waals surface area contributed by atoms with Gasteiger partial charge in [-0.3, -0.25) is 9.41 Å². The van der Waals surface area contributed by atoms with Gasteiger partial charge in [0.2, 0.25) is 0 Å². The van der Waals surface area contributed by atoms with Gasteiger partial charge in [0, 0.05) is 25.4 Å². The maximum absolute atomic E-state index is 9.56. The zero-order valence-corrected chi connectivity index (χ0v) is 22.3. The van der Waals surface area contributed by atoms with E-state index in [1.807, 2.05) is 0 Å². The maximum Gasteiger partial charge on any atom is 0.0448 e. The fourth-order valence-corrected chi connectivity index (χ4v) is 5.04. The lowest BCUT2D eigenvalue weighted by Crippen LogP contribution is -2.55. The molecule has 0 saturated heterocycles. The first-order chi connectivity index (χ1) is 15.7. The normalized spacial score (nSPS) is 12.3. The molecule has 0 aliphatic carbocycles. The number of aliphatic hydroxyl groups excluding tert-OH is 3. The van der Waals surface area contributed by atoms with Crippen LogP contribution in [0.2, 0.25) is 0 Å². The molecule has 34 heavy (non-hydrogen) atoms. The van der Waals surface area contributed by atoms with Gasteiger partial charge < -0.3 is 26.4 Å². The summed E-state index contributed by atoms with van der Waals surface area (Å²) in [4.78, 5) is 0. The van der Waals surface area contributed by atoms with Crippen LogP contribution in [0, 0.1) is 5.92 Å². The van der Waals surface area contributed by atoms with Crippen LogP contribution in [0.4, 0.5) is 9.41 Å². The Balaban J connectivity index is -0.00000480.